The summed E-state index contributed by atoms with van der Waals surface area (Å²) in [5, 5.41) is 17.0. The number of benzene rings is 7. The smallest absolute Gasteiger partial charge is 0.188 e. The topological polar surface area (TPSA) is 33.1 Å². The van der Waals surface area contributed by atoms with Gasteiger partial charge in [-0.3, -0.25) is 0 Å². The highest BCUT2D eigenvalue weighted by Gasteiger charge is 2.43. The molecule has 3 nitrogen and oxygen atoms in total. The highest BCUT2D eigenvalue weighted by atomic mass is 28.3. The quantitative estimate of drug-likeness (QED) is 0.104. The zero-order chi connectivity index (χ0) is 32.5. The Bertz CT molecular complexity index is 2430. The van der Waals surface area contributed by atoms with Gasteiger partial charge in [0.25, 0.3) is 0 Å². The molecule has 0 unspecified atom stereocenters. The molecule has 0 saturated heterocycles. The summed E-state index contributed by atoms with van der Waals surface area (Å²) in [5.41, 5.74) is 6.36. The van der Waals surface area contributed by atoms with Gasteiger partial charge < -0.3 is 4.57 Å². The molecule has 0 atom stereocenters. The van der Waals surface area contributed by atoms with E-state index in [4.69, 9.17) is 6.57 Å². The van der Waals surface area contributed by atoms with Crippen LogP contribution in [0.25, 0.3) is 43.5 Å². The van der Waals surface area contributed by atoms with Crippen molar-refractivity contribution in [3.05, 3.63) is 193 Å². The molecule has 0 amide bonds. The number of hydrogen-bond donors (Lipinski definition) is 0. The van der Waals surface area contributed by atoms with Crippen LogP contribution in [0.1, 0.15) is 5.56 Å². The summed E-state index contributed by atoms with van der Waals surface area (Å²) in [4.78, 5) is 3.91. The summed E-state index contributed by atoms with van der Waals surface area (Å²) >= 11 is 0. The van der Waals surface area contributed by atoms with Crippen LogP contribution in [-0.2, 0) is 0 Å². The number of nitrogens with zero attached hydrogens (tertiary/aromatic N) is 3. The number of hydrogen-bond acceptors (Lipinski definition) is 1. The average Bonchev–Trinajstić information content (AvgIpc) is 3.50. The van der Waals surface area contributed by atoms with E-state index in [0.717, 1.165) is 38.6 Å². The molecular weight excluding hydrogens is 599 g/mol. The molecule has 0 fully saturated rings. The van der Waals surface area contributed by atoms with Gasteiger partial charge in [0.15, 0.2) is 13.8 Å². The predicted molar refractivity (Wildman–Crippen MR) is 201 cm³/mol. The third kappa shape index (κ3) is 4.55. The van der Waals surface area contributed by atoms with Crippen molar-refractivity contribution < 1.29 is 0 Å². The Kier molecular flexibility index (Phi) is 7.27. The van der Waals surface area contributed by atoms with E-state index in [1.165, 1.54) is 20.7 Å². The van der Waals surface area contributed by atoms with Crippen molar-refractivity contribution in [1.82, 2.24) is 4.57 Å². The van der Waals surface area contributed by atoms with Crippen LogP contribution >= 0.6 is 0 Å². The van der Waals surface area contributed by atoms with Crippen LogP contribution in [0, 0.1) is 17.9 Å². The maximum atomic E-state index is 9.75. The fourth-order valence-electron chi connectivity index (χ4n) is 7.38. The van der Waals surface area contributed by atoms with E-state index in [2.05, 4.69) is 155 Å². The van der Waals surface area contributed by atoms with E-state index in [1.54, 1.807) is 0 Å². The molecule has 0 N–H and O–H groups in total. The molecular formula is C44H29N3Si. The molecule has 7 aromatic carbocycles. The Morgan fingerprint density at radius 1 is 0.521 bits per heavy atom. The molecule has 1 heterocycles. The van der Waals surface area contributed by atoms with E-state index < -0.39 is 8.07 Å². The molecule has 0 aliphatic rings. The van der Waals surface area contributed by atoms with Crippen molar-refractivity contribution in [1.29, 1.82) is 5.26 Å². The summed E-state index contributed by atoms with van der Waals surface area (Å²) in [6.45, 7) is 8.03. The van der Waals surface area contributed by atoms with Gasteiger partial charge >= 0.3 is 0 Å². The molecule has 0 bridgehead atoms. The first-order valence-corrected chi connectivity index (χ1v) is 18.0. The molecule has 48 heavy (non-hydrogen) atoms. The third-order valence-electron chi connectivity index (χ3n) is 9.39. The Labute approximate surface area is 281 Å². The van der Waals surface area contributed by atoms with Gasteiger partial charge in [-0.25, -0.2) is 4.85 Å². The van der Waals surface area contributed by atoms with Crippen molar-refractivity contribution in [3.63, 3.8) is 0 Å². The van der Waals surface area contributed by atoms with Gasteiger partial charge in [0.05, 0.1) is 34.9 Å². The molecule has 0 aliphatic heterocycles. The molecule has 4 heteroatoms. The Balaban J connectivity index is 1.52. The Morgan fingerprint density at radius 2 is 1.08 bits per heavy atom. The molecule has 224 valence electrons. The molecule has 8 rings (SSSR count). The third-order valence-corrected chi connectivity index (χ3v) is 14.2. The average molecular weight is 628 g/mol. The van der Waals surface area contributed by atoms with E-state index in [9.17, 15) is 5.26 Å². The minimum Gasteiger partial charge on any atom is -0.309 e. The molecule has 8 aromatic rings. The second-order valence-corrected chi connectivity index (χ2v) is 15.7. The number of para-hydroxylation sites is 1. The monoisotopic (exact) mass is 627 g/mol. The van der Waals surface area contributed by atoms with E-state index in [-0.39, 0.29) is 0 Å². The van der Waals surface area contributed by atoms with Crippen molar-refractivity contribution in [2.75, 3.05) is 0 Å². The van der Waals surface area contributed by atoms with Crippen molar-refractivity contribution in [2.45, 2.75) is 0 Å². The maximum absolute atomic E-state index is 9.75. The largest absolute Gasteiger partial charge is 0.309 e. The lowest BCUT2D eigenvalue weighted by Gasteiger charge is -2.36. The van der Waals surface area contributed by atoms with Crippen LogP contribution in [0.15, 0.2) is 176 Å². The van der Waals surface area contributed by atoms with Gasteiger partial charge in [-0.15, -0.1) is 0 Å². The van der Waals surface area contributed by atoms with Gasteiger partial charge in [0.2, 0.25) is 0 Å². The normalized spacial score (nSPS) is 11.3. The minimum absolute atomic E-state index is 0.586. The lowest BCUT2D eigenvalue weighted by atomic mass is 10.0. The zero-order valence-corrected chi connectivity index (χ0v) is 27.1. The SMILES string of the molecule is [C-]#[N+]c1ccc(-n2c3ccccc3c3cc(C#N)ccc32)c(-c2ccccc2[Si](c2ccccc2)(c2ccccc2)c2ccccc2)c1. The van der Waals surface area contributed by atoms with Crippen LogP contribution < -0.4 is 20.7 Å². The number of fused-ring (bicyclic) bond motifs is 3. The first-order valence-electron chi connectivity index (χ1n) is 16.0. The molecule has 0 radical (unpaired) electrons. The van der Waals surface area contributed by atoms with Gasteiger partial charge in [0.1, 0.15) is 0 Å². The molecule has 0 aliphatic carbocycles. The predicted octanol–water partition coefficient (Wildman–Crippen LogP) is 8.25. The second-order valence-electron chi connectivity index (χ2n) is 11.9. The lowest BCUT2D eigenvalue weighted by Crippen LogP contribution is -2.75. The van der Waals surface area contributed by atoms with Crippen LogP contribution in [0.5, 0.6) is 0 Å². The van der Waals surface area contributed by atoms with Gasteiger partial charge in [-0.1, -0.05) is 140 Å². The summed E-state index contributed by atoms with van der Waals surface area (Å²) in [7, 11) is -2.91. The molecule has 0 spiro atoms. The highest BCUT2D eigenvalue weighted by Crippen LogP contribution is 2.38. The van der Waals surface area contributed by atoms with Crippen molar-refractivity contribution in [2.24, 2.45) is 0 Å². The summed E-state index contributed by atoms with van der Waals surface area (Å²) in [6.07, 6.45) is 0. The summed E-state index contributed by atoms with van der Waals surface area (Å²) in [5.74, 6) is 0. The van der Waals surface area contributed by atoms with Crippen LogP contribution in [0.2, 0.25) is 0 Å². The lowest BCUT2D eigenvalue weighted by molar-refractivity contribution is 1.18. The number of nitriles is 1. The summed E-state index contributed by atoms with van der Waals surface area (Å²) < 4.78 is 2.29. The van der Waals surface area contributed by atoms with Gasteiger partial charge in [0, 0.05) is 10.8 Å². The highest BCUT2D eigenvalue weighted by molar-refractivity contribution is 7.20. The van der Waals surface area contributed by atoms with Crippen molar-refractivity contribution in [3.8, 4) is 22.9 Å². The van der Waals surface area contributed by atoms with Crippen LogP contribution in [0.3, 0.4) is 0 Å². The second kappa shape index (κ2) is 12.0. The zero-order valence-electron chi connectivity index (χ0n) is 26.1. The first-order chi connectivity index (χ1) is 23.7. The number of aromatic nitrogens is 1. The minimum atomic E-state index is -2.91. The standard InChI is InChI=1S/C44H29N3Si/c1-46-33-26-28-43(47-41-23-13-11-21-37(41)39-29-32(31-45)25-27-42(39)47)40(30-33)38-22-12-14-24-44(38)48(34-15-5-2-6-16-34,35-17-7-3-8-18-35)36-19-9-4-10-20-36/h2-30H. The fourth-order valence-corrected chi connectivity index (χ4v) is 12.4. The van der Waals surface area contributed by atoms with Crippen LogP contribution in [0.4, 0.5) is 5.69 Å². The van der Waals surface area contributed by atoms with Crippen molar-refractivity contribution >= 4 is 56.3 Å². The summed E-state index contributed by atoms with van der Waals surface area (Å²) in [6, 6.07) is 64.2. The Morgan fingerprint density at radius 3 is 1.71 bits per heavy atom. The van der Waals surface area contributed by atoms with Gasteiger partial charge in [-0.05, 0) is 68.3 Å². The first kappa shape index (κ1) is 29.0. The Hall–Kier alpha value is -6.46. The molecule has 1 aromatic heterocycles. The molecule has 0 saturated carbocycles. The fraction of sp³-hybridized carbons (Fsp3) is 0. The van der Waals surface area contributed by atoms with E-state index in [1.807, 2.05) is 36.4 Å². The number of rotatable bonds is 6. The maximum Gasteiger partial charge on any atom is 0.188 e. The van der Waals surface area contributed by atoms with Gasteiger partial charge in [-0.2, -0.15) is 5.26 Å². The van der Waals surface area contributed by atoms with E-state index >= 15 is 0 Å². The van der Waals surface area contributed by atoms with E-state index in [0.29, 0.717) is 11.3 Å². The van der Waals surface area contributed by atoms with Crippen LogP contribution in [-0.4, -0.2) is 12.6 Å².